The molecule has 0 unspecified atom stereocenters. The van der Waals surface area contributed by atoms with Crippen molar-refractivity contribution in [1.82, 2.24) is 9.88 Å². The third kappa shape index (κ3) is 3.89. The highest BCUT2D eigenvalue weighted by Gasteiger charge is 2.19. The number of carbonyl (C=O) groups excluding carboxylic acids is 1. The van der Waals surface area contributed by atoms with Crippen molar-refractivity contribution in [3.63, 3.8) is 0 Å². The predicted molar refractivity (Wildman–Crippen MR) is 93.1 cm³/mol. The minimum atomic E-state index is -0.00702. The number of aromatic nitrogens is 1. The summed E-state index contributed by atoms with van der Waals surface area (Å²) < 4.78 is 6.26. The largest absolute Gasteiger partial charge is 0.378 e. The zero-order chi connectivity index (χ0) is 16.2. The maximum Gasteiger partial charge on any atom is 0.255 e. The van der Waals surface area contributed by atoms with Crippen LogP contribution >= 0.6 is 15.9 Å². The number of hydrogen-bond donors (Lipinski definition) is 1. The molecule has 1 fully saturated rings. The Balaban J connectivity index is 1.78. The number of aryl methyl sites for hydroxylation is 1. The number of pyridine rings is 1. The lowest BCUT2D eigenvalue weighted by Crippen LogP contribution is -2.40. The van der Waals surface area contributed by atoms with Gasteiger partial charge in [0.25, 0.3) is 5.91 Å². The molecule has 1 amide bonds. The molecule has 5 nitrogen and oxygen atoms in total. The summed E-state index contributed by atoms with van der Waals surface area (Å²) in [7, 11) is 0. The number of benzene rings is 1. The lowest BCUT2D eigenvalue weighted by molar-refractivity contribution is 0.0302. The van der Waals surface area contributed by atoms with Crippen molar-refractivity contribution < 1.29 is 9.53 Å². The van der Waals surface area contributed by atoms with Gasteiger partial charge in [-0.25, -0.2) is 0 Å². The van der Waals surface area contributed by atoms with Crippen molar-refractivity contribution in [3.8, 4) is 0 Å². The molecule has 1 aromatic heterocycles. The van der Waals surface area contributed by atoms with Gasteiger partial charge in [-0.1, -0.05) is 6.07 Å². The number of rotatable bonds is 3. The van der Waals surface area contributed by atoms with Gasteiger partial charge in [-0.2, -0.15) is 0 Å². The van der Waals surface area contributed by atoms with Gasteiger partial charge in [-0.3, -0.25) is 9.78 Å². The maximum absolute atomic E-state index is 12.5. The van der Waals surface area contributed by atoms with E-state index in [2.05, 4.69) is 26.2 Å². The first kappa shape index (κ1) is 16.0. The van der Waals surface area contributed by atoms with Crippen LogP contribution in [0.15, 0.2) is 41.1 Å². The van der Waals surface area contributed by atoms with Gasteiger partial charge in [-0.15, -0.1) is 0 Å². The number of anilines is 2. The van der Waals surface area contributed by atoms with Crippen molar-refractivity contribution >= 4 is 33.2 Å². The fourth-order valence-corrected chi connectivity index (χ4v) is 3.04. The molecular formula is C17H18BrN3O2. The van der Waals surface area contributed by atoms with E-state index in [1.165, 1.54) is 5.56 Å². The molecule has 6 heteroatoms. The van der Waals surface area contributed by atoms with Crippen LogP contribution in [0.25, 0.3) is 0 Å². The van der Waals surface area contributed by atoms with Gasteiger partial charge in [-0.05, 0) is 46.6 Å². The Bertz CT molecular complexity index is 715. The number of ether oxygens (including phenoxy) is 1. The quantitative estimate of drug-likeness (QED) is 0.893. The third-order valence-corrected chi connectivity index (χ3v) is 4.34. The normalized spacial score (nSPS) is 14.6. The zero-order valence-electron chi connectivity index (χ0n) is 12.9. The molecule has 0 bridgehead atoms. The molecule has 1 aromatic carbocycles. The van der Waals surface area contributed by atoms with E-state index < -0.39 is 0 Å². The zero-order valence-corrected chi connectivity index (χ0v) is 14.5. The van der Waals surface area contributed by atoms with Gasteiger partial charge < -0.3 is 15.0 Å². The first-order valence-corrected chi connectivity index (χ1v) is 8.28. The van der Waals surface area contributed by atoms with Crippen molar-refractivity contribution in [2.45, 2.75) is 6.92 Å². The summed E-state index contributed by atoms with van der Waals surface area (Å²) in [6.45, 7) is 4.47. The molecule has 1 saturated heterocycles. The van der Waals surface area contributed by atoms with E-state index in [-0.39, 0.29) is 5.91 Å². The molecule has 0 saturated carbocycles. The fraction of sp³-hybridized carbons (Fsp3) is 0.294. The molecule has 23 heavy (non-hydrogen) atoms. The summed E-state index contributed by atoms with van der Waals surface area (Å²) in [6, 6.07) is 7.90. The van der Waals surface area contributed by atoms with Gasteiger partial charge in [0.2, 0.25) is 0 Å². The van der Waals surface area contributed by atoms with Crippen molar-refractivity contribution in [1.29, 1.82) is 0 Å². The Labute approximate surface area is 143 Å². The van der Waals surface area contributed by atoms with Crippen molar-refractivity contribution in [2.24, 2.45) is 0 Å². The number of morpholine rings is 1. The number of halogens is 1. The van der Waals surface area contributed by atoms with Crippen LogP contribution in [0.5, 0.6) is 0 Å². The topological polar surface area (TPSA) is 54.5 Å². The predicted octanol–water partition coefficient (Wildman–Crippen LogP) is 3.37. The second-order valence-electron chi connectivity index (χ2n) is 5.48. The Hall–Kier alpha value is -1.92. The summed E-state index contributed by atoms with van der Waals surface area (Å²) in [5.41, 5.74) is 3.49. The van der Waals surface area contributed by atoms with Gasteiger partial charge in [0.05, 0.1) is 36.3 Å². The van der Waals surface area contributed by atoms with Crippen molar-refractivity contribution in [2.75, 3.05) is 31.6 Å². The average molecular weight is 376 g/mol. The molecule has 1 aliphatic heterocycles. The SMILES string of the molecule is Cc1ccc(Nc2cncc(C(=O)N3CCOCC3)c2)c(Br)c1. The Morgan fingerprint density at radius 1 is 1.26 bits per heavy atom. The number of nitrogens with zero attached hydrogens (tertiary/aromatic N) is 2. The molecule has 120 valence electrons. The summed E-state index contributed by atoms with van der Waals surface area (Å²) in [5.74, 6) is -0.00702. The molecule has 0 atom stereocenters. The number of nitrogens with one attached hydrogen (secondary N) is 1. The second kappa shape index (κ2) is 7.10. The summed E-state index contributed by atoms with van der Waals surface area (Å²) >= 11 is 3.54. The van der Waals surface area contributed by atoms with E-state index in [0.29, 0.717) is 31.9 Å². The van der Waals surface area contributed by atoms with Gasteiger partial charge in [0, 0.05) is 23.8 Å². The minimum absolute atomic E-state index is 0.00702. The smallest absolute Gasteiger partial charge is 0.255 e. The molecule has 2 aromatic rings. The van der Waals surface area contributed by atoms with Crippen LogP contribution in [0, 0.1) is 6.92 Å². The van der Waals surface area contributed by atoms with E-state index >= 15 is 0 Å². The number of carbonyl (C=O) groups is 1. The van der Waals surface area contributed by atoms with Gasteiger partial charge in [0.15, 0.2) is 0 Å². The summed E-state index contributed by atoms with van der Waals surface area (Å²) in [4.78, 5) is 18.5. The van der Waals surface area contributed by atoms with Crippen LogP contribution in [0.2, 0.25) is 0 Å². The summed E-state index contributed by atoms with van der Waals surface area (Å²) in [5, 5.41) is 3.29. The standard InChI is InChI=1S/C17H18BrN3O2/c1-12-2-3-16(15(18)8-12)20-14-9-13(10-19-11-14)17(22)21-4-6-23-7-5-21/h2-3,8-11,20H,4-7H2,1H3. The minimum Gasteiger partial charge on any atom is -0.378 e. The van der Waals surface area contributed by atoms with Gasteiger partial charge in [0.1, 0.15) is 0 Å². The van der Waals surface area contributed by atoms with Crippen LogP contribution in [-0.2, 0) is 4.74 Å². The van der Waals surface area contributed by atoms with Crippen LogP contribution in [0.4, 0.5) is 11.4 Å². The molecule has 3 rings (SSSR count). The molecule has 0 spiro atoms. The van der Waals surface area contributed by atoms with Crippen LogP contribution in [0.3, 0.4) is 0 Å². The third-order valence-electron chi connectivity index (χ3n) is 3.69. The molecule has 2 heterocycles. The van der Waals surface area contributed by atoms with Crippen LogP contribution in [-0.4, -0.2) is 42.1 Å². The van der Waals surface area contributed by atoms with E-state index in [1.807, 2.05) is 31.2 Å². The van der Waals surface area contributed by atoms with Gasteiger partial charge >= 0.3 is 0 Å². The highest BCUT2D eigenvalue weighted by atomic mass is 79.9. The lowest BCUT2D eigenvalue weighted by atomic mass is 10.2. The molecule has 0 aliphatic carbocycles. The fourth-order valence-electron chi connectivity index (χ4n) is 2.45. The highest BCUT2D eigenvalue weighted by Crippen LogP contribution is 2.27. The molecule has 1 aliphatic rings. The van der Waals surface area contributed by atoms with E-state index in [9.17, 15) is 4.79 Å². The van der Waals surface area contributed by atoms with Crippen LogP contribution in [0.1, 0.15) is 15.9 Å². The first-order valence-electron chi connectivity index (χ1n) is 7.49. The first-order chi connectivity index (χ1) is 11.1. The molecular weight excluding hydrogens is 358 g/mol. The molecule has 1 N–H and O–H groups in total. The van der Waals surface area contributed by atoms with E-state index in [1.54, 1.807) is 17.3 Å². The Morgan fingerprint density at radius 2 is 2.04 bits per heavy atom. The summed E-state index contributed by atoms with van der Waals surface area (Å²) in [6.07, 6.45) is 3.32. The van der Waals surface area contributed by atoms with Crippen molar-refractivity contribution in [3.05, 3.63) is 52.3 Å². The number of hydrogen-bond acceptors (Lipinski definition) is 4. The van der Waals surface area contributed by atoms with E-state index in [4.69, 9.17) is 4.74 Å². The second-order valence-corrected chi connectivity index (χ2v) is 6.33. The van der Waals surface area contributed by atoms with E-state index in [0.717, 1.165) is 15.8 Å². The lowest BCUT2D eigenvalue weighted by Gasteiger charge is -2.26. The highest BCUT2D eigenvalue weighted by molar-refractivity contribution is 9.10. The monoisotopic (exact) mass is 375 g/mol. The Kier molecular flexibility index (Phi) is 4.93. The van der Waals surface area contributed by atoms with Crippen LogP contribution < -0.4 is 5.32 Å². The Morgan fingerprint density at radius 3 is 2.78 bits per heavy atom. The number of amides is 1. The average Bonchev–Trinajstić information content (AvgIpc) is 2.58. The maximum atomic E-state index is 12.5. The molecule has 0 radical (unpaired) electrons.